The van der Waals surface area contributed by atoms with Crippen molar-refractivity contribution in [1.29, 1.82) is 0 Å². The maximum atomic E-state index is 8.30. The first-order valence-electron chi connectivity index (χ1n) is 3.13. The zero-order chi connectivity index (χ0) is 6.24. The van der Waals surface area contributed by atoms with Crippen molar-refractivity contribution in [3.63, 3.8) is 0 Å². The number of unbranched alkanes of at least 4 members (excludes halogenated alkanes) is 3. The molecule has 0 aliphatic carbocycles. The topological polar surface area (TPSA) is 40.5 Å². The van der Waals surface area contributed by atoms with E-state index in [9.17, 15) is 0 Å². The van der Waals surface area contributed by atoms with Gasteiger partial charge in [-0.3, -0.25) is 0 Å². The van der Waals surface area contributed by atoms with Gasteiger partial charge in [0, 0.05) is 37.6 Å². The summed E-state index contributed by atoms with van der Waals surface area (Å²) in [6.45, 7) is 0.566. The van der Waals surface area contributed by atoms with E-state index in [0.717, 1.165) is 25.7 Å². The van der Waals surface area contributed by atoms with Crippen LogP contribution in [0.1, 0.15) is 25.7 Å². The maximum Gasteiger partial charge on any atom is 0.0431 e. The minimum atomic E-state index is 0. The summed E-state index contributed by atoms with van der Waals surface area (Å²) in [5, 5.41) is 16.6. The van der Waals surface area contributed by atoms with Gasteiger partial charge in [-0.05, 0) is 12.8 Å². The molecule has 0 spiro atoms. The third-order valence-electron chi connectivity index (χ3n) is 1.07. The van der Waals surface area contributed by atoms with Crippen LogP contribution in [0.4, 0.5) is 0 Å². The van der Waals surface area contributed by atoms with Gasteiger partial charge in [0.05, 0.1) is 0 Å². The molecule has 0 aromatic heterocycles. The molecule has 2 nitrogen and oxygen atoms in total. The minimum absolute atomic E-state index is 0. The van der Waals surface area contributed by atoms with E-state index in [1.54, 1.807) is 0 Å². The molecule has 55 valence electrons. The Balaban J connectivity index is 0. The van der Waals surface area contributed by atoms with Crippen molar-refractivity contribution >= 4 is 24.4 Å². The largest absolute Gasteiger partial charge is 0.396 e. The summed E-state index contributed by atoms with van der Waals surface area (Å²) in [5.74, 6) is 0. The minimum Gasteiger partial charge on any atom is -0.396 e. The van der Waals surface area contributed by atoms with E-state index in [2.05, 4.69) is 0 Å². The molecule has 2 N–H and O–H groups in total. The van der Waals surface area contributed by atoms with E-state index in [-0.39, 0.29) is 37.6 Å². The van der Waals surface area contributed by atoms with Crippen LogP contribution in [0.15, 0.2) is 0 Å². The molecule has 0 heterocycles. The van der Waals surface area contributed by atoms with E-state index in [1.807, 2.05) is 0 Å². The van der Waals surface area contributed by atoms with E-state index < -0.39 is 0 Å². The average molecular weight is 240 g/mol. The molecule has 0 aliphatic heterocycles. The fraction of sp³-hybridized carbons (Fsp3) is 1.00. The fourth-order valence-corrected chi connectivity index (χ4v) is 0.577. The van der Waals surface area contributed by atoms with Gasteiger partial charge < -0.3 is 10.2 Å². The van der Waals surface area contributed by atoms with Crippen molar-refractivity contribution in [2.45, 2.75) is 25.7 Å². The van der Waals surface area contributed by atoms with Crippen molar-refractivity contribution < 1.29 is 10.2 Å². The summed E-state index contributed by atoms with van der Waals surface area (Å²) in [6.07, 6.45) is 3.83. The van der Waals surface area contributed by atoms with E-state index in [4.69, 9.17) is 10.2 Å². The second-order valence-electron chi connectivity index (χ2n) is 1.86. The smallest absolute Gasteiger partial charge is 0.0431 e. The molecule has 3 heteroatoms. The van der Waals surface area contributed by atoms with E-state index in [1.165, 1.54) is 0 Å². The fourth-order valence-electron chi connectivity index (χ4n) is 0.577. The zero-order valence-corrected chi connectivity index (χ0v) is 8.14. The predicted octanol–water partition coefficient (Wildman–Crippen LogP) is 0.151. The van der Waals surface area contributed by atoms with Crippen molar-refractivity contribution in [3.8, 4) is 0 Å². The molecule has 0 rings (SSSR count). The maximum absolute atomic E-state index is 8.30. The Bertz CT molecular complexity index is 36.0. The van der Waals surface area contributed by atoms with Crippen molar-refractivity contribution in [2.24, 2.45) is 0 Å². The molecule has 0 bridgehead atoms. The number of aliphatic hydroxyl groups is 2. The normalized spacial score (nSPS) is 8.67. The second-order valence-corrected chi connectivity index (χ2v) is 1.86. The third-order valence-corrected chi connectivity index (χ3v) is 1.07. The molecule has 0 saturated carbocycles. The van der Waals surface area contributed by atoms with Crippen LogP contribution in [0.3, 0.4) is 0 Å². The quantitative estimate of drug-likeness (QED) is 0.530. The Morgan fingerprint density at radius 1 is 0.667 bits per heavy atom. The van der Waals surface area contributed by atoms with Gasteiger partial charge in [0.1, 0.15) is 0 Å². The first-order chi connectivity index (χ1) is 3.91. The van der Waals surface area contributed by atoms with Gasteiger partial charge in [0.15, 0.2) is 0 Å². The number of rotatable bonds is 5. The van der Waals surface area contributed by atoms with Crippen LogP contribution in [0, 0.1) is 0 Å². The number of hydrogen-bond donors (Lipinski definition) is 2. The van der Waals surface area contributed by atoms with Crippen molar-refractivity contribution in [2.75, 3.05) is 13.2 Å². The van der Waals surface area contributed by atoms with Gasteiger partial charge in [-0.25, -0.2) is 0 Å². The summed E-state index contributed by atoms with van der Waals surface area (Å²) < 4.78 is 0. The molecule has 9 heavy (non-hydrogen) atoms. The summed E-state index contributed by atoms with van der Waals surface area (Å²) in [5.41, 5.74) is 0. The third kappa shape index (κ3) is 12.0. The van der Waals surface area contributed by atoms with Gasteiger partial charge in [-0.1, -0.05) is 12.8 Å². The van der Waals surface area contributed by atoms with Gasteiger partial charge in [0.2, 0.25) is 0 Å². The van der Waals surface area contributed by atoms with Gasteiger partial charge >= 0.3 is 0 Å². The molecular formula is C6H14O2Sb. The molecule has 0 fully saturated rings. The van der Waals surface area contributed by atoms with Gasteiger partial charge in [0.25, 0.3) is 0 Å². The van der Waals surface area contributed by atoms with Crippen LogP contribution in [-0.2, 0) is 0 Å². The molecular weight excluding hydrogens is 226 g/mol. The Labute approximate surface area is 73.7 Å². The number of aliphatic hydroxyl groups excluding tert-OH is 2. The summed E-state index contributed by atoms with van der Waals surface area (Å²) >= 11 is 0. The molecule has 0 atom stereocenters. The molecule has 0 aromatic carbocycles. The number of hydrogen-bond acceptors (Lipinski definition) is 2. The molecule has 0 amide bonds. The van der Waals surface area contributed by atoms with Crippen LogP contribution >= 0.6 is 0 Å². The first-order valence-corrected chi connectivity index (χ1v) is 3.13. The standard InChI is InChI=1S/C6H14O2.Sb/c7-5-3-1-2-4-6-8;/h7-8H,1-6H2;. The molecule has 0 aromatic rings. The monoisotopic (exact) mass is 239 g/mol. The van der Waals surface area contributed by atoms with Crippen molar-refractivity contribution in [3.05, 3.63) is 0 Å². The Hall–Kier alpha value is 0.738. The Morgan fingerprint density at radius 3 is 1.22 bits per heavy atom. The van der Waals surface area contributed by atoms with Gasteiger partial charge in [-0.15, -0.1) is 0 Å². The second kappa shape index (κ2) is 11.5. The van der Waals surface area contributed by atoms with Crippen LogP contribution < -0.4 is 0 Å². The average Bonchev–Trinajstić information content (AvgIpc) is 1.81. The first kappa shape index (κ1) is 12.4. The van der Waals surface area contributed by atoms with E-state index in [0.29, 0.717) is 0 Å². The predicted molar refractivity (Wildman–Crippen MR) is 38.4 cm³/mol. The summed E-state index contributed by atoms with van der Waals surface area (Å²) in [6, 6.07) is 0. The Morgan fingerprint density at radius 2 is 1.00 bits per heavy atom. The van der Waals surface area contributed by atoms with Crippen molar-refractivity contribution in [1.82, 2.24) is 0 Å². The summed E-state index contributed by atoms with van der Waals surface area (Å²) in [7, 11) is 0. The van der Waals surface area contributed by atoms with Crippen LogP contribution in [0.5, 0.6) is 0 Å². The van der Waals surface area contributed by atoms with E-state index >= 15 is 0 Å². The molecule has 3 radical (unpaired) electrons. The molecule has 0 unspecified atom stereocenters. The molecule has 0 aliphatic rings. The van der Waals surface area contributed by atoms with Gasteiger partial charge in [-0.2, -0.15) is 0 Å². The molecule has 0 saturated heterocycles. The Kier molecular flexibility index (Phi) is 15.9. The zero-order valence-electron chi connectivity index (χ0n) is 5.58. The van der Waals surface area contributed by atoms with Crippen LogP contribution in [0.2, 0.25) is 0 Å². The van der Waals surface area contributed by atoms with Crippen LogP contribution in [0.25, 0.3) is 0 Å². The van der Waals surface area contributed by atoms with Crippen LogP contribution in [-0.4, -0.2) is 47.9 Å². The SMILES string of the molecule is OCCCCCCO.[Sb]. The summed E-state index contributed by atoms with van der Waals surface area (Å²) in [4.78, 5) is 0.